The van der Waals surface area contributed by atoms with Crippen molar-refractivity contribution in [1.29, 1.82) is 0 Å². The number of nitrogens with one attached hydrogen (secondary N) is 1. The summed E-state index contributed by atoms with van der Waals surface area (Å²) in [5.74, 6) is 0.719. The quantitative estimate of drug-likeness (QED) is 0.586. The highest BCUT2D eigenvalue weighted by atomic mass is 32.2. The average molecular weight is 422 g/mol. The lowest BCUT2D eigenvalue weighted by Gasteiger charge is -2.16. The summed E-state index contributed by atoms with van der Waals surface area (Å²) in [7, 11) is -3.61. The first-order valence-electron chi connectivity index (χ1n) is 9.44. The Balaban J connectivity index is 2.06. The molecule has 0 saturated carbocycles. The van der Waals surface area contributed by atoms with E-state index in [0.29, 0.717) is 13.0 Å². The summed E-state index contributed by atoms with van der Waals surface area (Å²) in [6.07, 6.45) is 5.53. The van der Waals surface area contributed by atoms with E-state index >= 15 is 0 Å². The molecule has 1 N–H and O–H groups in total. The molecule has 1 heterocycles. The monoisotopic (exact) mass is 421 g/mol. The Bertz CT molecular complexity index is 933. The van der Waals surface area contributed by atoms with Crippen molar-refractivity contribution in [2.24, 2.45) is 5.92 Å². The van der Waals surface area contributed by atoms with Gasteiger partial charge in [-0.25, -0.2) is 8.42 Å². The minimum absolute atomic E-state index is 0.0679. The molecule has 1 aromatic heterocycles. The van der Waals surface area contributed by atoms with Crippen molar-refractivity contribution in [2.45, 2.75) is 44.9 Å². The molecule has 2 rings (SSSR count). The van der Waals surface area contributed by atoms with Crippen LogP contribution in [0.2, 0.25) is 0 Å². The second-order valence-electron chi connectivity index (χ2n) is 7.12. The first kappa shape index (κ1) is 22.6. The Labute approximate surface area is 171 Å². The van der Waals surface area contributed by atoms with Crippen LogP contribution in [0.25, 0.3) is 6.08 Å². The van der Waals surface area contributed by atoms with Crippen molar-refractivity contribution < 1.29 is 22.4 Å². The van der Waals surface area contributed by atoms with Gasteiger partial charge >= 0.3 is 5.22 Å². The fourth-order valence-corrected chi connectivity index (χ4v) is 2.92. The highest BCUT2D eigenvalue weighted by Crippen LogP contribution is 2.22. The van der Waals surface area contributed by atoms with Crippen molar-refractivity contribution in [3.8, 4) is 5.75 Å². The van der Waals surface area contributed by atoms with Crippen LogP contribution in [0.4, 0.5) is 0 Å². The van der Waals surface area contributed by atoms with Gasteiger partial charge in [0.1, 0.15) is 11.8 Å². The summed E-state index contributed by atoms with van der Waals surface area (Å²) < 4.78 is 33.9. The van der Waals surface area contributed by atoms with Crippen LogP contribution >= 0.6 is 0 Å². The summed E-state index contributed by atoms with van der Waals surface area (Å²) in [5.41, 5.74) is 0.849. The van der Waals surface area contributed by atoms with Crippen LogP contribution in [0.15, 0.2) is 40.0 Å². The fraction of sp³-hybridized carbons (Fsp3) is 0.450. The molecule has 2 aromatic rings. The smallest absolute Gasteiger partial charge is 0.335 e. The first-order valence-corrected chi connectivity index (χ1v) is 11.3. The minimum atomic E-state index is -3.61. The molecule has 1 aromatic carbocycles. The zero-order valence-electron chi connectivity index (χ0n) is 17.1. The molecule has 8 nitrogen and oxygen atoms in total. The van der Waals surface area contributed by atoms with Crippen molar-refractivity contribution >= 4 is 21.8 Å². The lowest BCUT2D eigenvalue weighted by molar-refractivity contribution is -0.117. The second-order valence-corrected chi connectivity index (χ2v) is 9.01. The predicted molar refractivity (Wildman–Crippen MR) is 109 cm³/mol. The average Bonchev–Trinajstić information content (AvgIpc) is 3.15. The van der Waals surface area contributed by atoms with Crippen LogP contribution < -0.4 is 10.1 Å². The van der Waals surface area contributed by atoms with E-state index in [1.165, 1.54) is 6.08 Å². The van der Waals surface area contributed by atoms with E-state index in [0.717, 1.165) is 24.0 Å². The molecule has 0 radical (unpaired) electrons. The molecule has 0 aliphatic heterocycles. The first-order chi connectivity index (χ1) is 13.7. The molecule has 0 aliphatic carbocycles. The van der Waals surface area contributed by atoms with Crippen molar-refractivity contribution in [2.75, 3.05) is 12.9 Å². The number of sulfone groups is 1. The SMILES string of the molecule is CCCOc1ccc(/C=C/C(=O)N[C@@H](CC(C)C)c2nnc(S(C)(=O)=O)o2)cc1. The Hall–Kier alpha value is -2.68. The maximum Gasteiger partial charge on any atom is 0.335 e. The van der Waals surface area contributed by atoms with Gasteiger partial charge < -0.3 is 14.5 Å². The van der Waals surface area contributed by atoms with Gasteiger partial charge in [-0.2, -0.15) is 0 Å². The second kappa shape index (κ2) is 10.2. The molecule has 158 valence electrons. The van der Waals surface area contributed by atoms with E-state index in [2.05, 4.69) is 15.5 Å². The van der Waals surface area contributed by atoms with Crippen LogP contribution in [0.1, 0.15) is 51.1 Å². The molecule has 0 aliphatic rings. The van der Waals surface area contributed by atoms with Crippen molar-refractivity contribution in [3.63, 3.8) is 0 Å². The van der Waals surface area contributed by atoms with Gasteiger partial charge in [0.25, 0.3) is 0 Å². The van der Waals surface area contributed by atoms with Crippen LogP contribution in [0.3, 0.4) is 0 Å². The third kappa shape index (κ3) is 7.34. The molecule has 0 fully saturated rings. The molecule has 0 unspecified atom stereocenters. The van der Waals surface area contributed by atoms with Gasteiger partial charge in [0.2, 0.25) is 21.6 Å². The number of aromatic nitrogens is 2. The number of hydrogen-bond acceptors (Lipinski definition) is 7. The minimum Gasteiger partial charge on any atom is -0.494 e. The maximum absolute atomic E-state index is 12.4. The van der Waals surface area contributed by atoms with E-state index in [1.807, 2.05) is 45.0 Å². The Morgan fingerprint density at radius 3 is 2.48 bits per heavy atom. The number of amides is 1. The lowest BCUT2D eigenvalue weighted by Crippen LogP contribution is -2.28. The number of ether oxygens (including phenoxy) is 1. The van der Waals surface area contributed by atoms with Crippen LogP contribution in [0, 0.1) is 5.92 Å². The number of hydrogen-bond donors (Lipinski definition) is 1. The van der Waals surface area contributed by atoms with Crippen molar-refractivity contribution in [1.82, 2.24) is 15.5 Å². The number of benzene rings is 1. The molecular formula is C20H27N3O5S. The van der Waals surface area contributed by atoms with E-state index in [4.69, 9.17) is 9.15 Å². The summed E-state index contributed by atoms with van der Waals surface area (Å²) in [4.78, 5) is 12.4. The fourth-order valence-electron chi connectivity index (χ4n) is 2.49. The molecule has 0 spiro atoms. The van der Waals surface area contributed by atoms with E-state index < -0.39 is 21.1 Å². The van der Waals surface area contributed by atoms with Gasteiger partial charge in [-0.05, 0) is 42.5 Å². The highest BCUT2D eigenvalue weighted by molar-refractivity contribution is 7.90. The topological polar surface area (TPSA) is 111 Å². The van der Waals surface area contributed by atoms with E-state index in [1.54, 1.807) is 6.08 Å². The Morgan fingerprint density at radius 2 is 1.93 bits per heavy atom. The molecule has 1 amide bonds. The van der Waals surface area contributed by atoms with E-state index in [-0.39, 0.29) is 17.7 Å². The highest BCUT2D eigenvalue weighted by Gasteiger charge is 2.24. The van der Waals surface area contributed by atoms with E-state index in [9.17, 15) is 13.2 Å². The van der Waals surface area contributed by atoms with Crippen LogP contribution in [0.5, 0.6) is 5.75 Å². The number of carbonyl (C=O) groups is 1. The summed E-state index contributed by atoms with van der Waals surface area (Å²) in [5, 5.41) is 9.69. The molecule has 0 saturated heterocycles. The van der Waals surface area contributed by atoms with Gasteiger partial charge in [0.15, 0.2) is 0 Å². The maximum atomic E-state index is 12.4. The third-order valence-electron chi connectivity index (χ3n) is 3.84. The van der Waals surface area contributed by atoms with Crippen LogP contribution in [-0.2, 0) is 14.6 Å². The number of rotatable bonds is 10. The standard InChI is InChI=1S/C20H27N3O5S/c1-5-12-27-16-9-6-15(7-10-16)8-11-18(24)21-17(13-14(2)3)19-22-23-20(28-19)29(4,25)26/h6-11,14,17H,5,12-13H2,1-4H3,(H,21,24)/b11-8+/t17-/m0/s1. The predicted octanol–water partition coefficient (Wildman–Crippen LogP) is 3.18. The largest absolute Gasteiger partial charge is 0.494 e. The summed E-state index contributed by atoms with van der Waals surface area (Å²) >= 11 is 0. The molecule has 1 atom stereocenters. The Morgan fingerprint density at radius 1 is 1.24 bits per heavy atom. The summed E-state index contributed by atoms with van der Waals surface area (Å²) in [6.45, 7) is 6.65. The zero-order valence-corrected chi connectivity index (χ0v) is 17.9. The van der Waals surface area contributed by atoms with Gasteiger partial charge in [-0.15, -0.1) is 5.10 Å². The normalized spacial score (nSPS) is 13.0. The Kier molecular flexibility index (Phi) is 7.95. The van der Waals surface area contributed by atoms with Gasteiger partial charge in [0.05, 0.1) is 6.61 Å². The summed E-state index contributed by atoms with van der Waals surface area (Å²) in [6, 6.07) is 6.83. The van der Waals surface area contributed by atoms with Gasteiger partial charge in [0, 0.05) is 12.3 Å². The van der Waals surface area contributed by atoms with Gasteiger partial charge in [-0.1, -0.05) is 38.0 Å². The zero-order chi connectivity index (χ0) is 21.4. The van der Waals surface area contributed by atoms with Gasteiger partial charge in [-0.3, -0.25) is 4.79 Å². The number of carbonyl (C=O) groups excluding carboxylic acids is 1. The van der Waals surface area contributed by atoms with Crippen molar-refractivity contribution in [3.05, 3.63) is 41.8 Å². The third-order valence-corrected chi connectivity index (χ3v) is 4.64. The lowest BCUT2D eigenvalue weighted by atomic mass is 10.0. The molecule has 9 heteroatoms. The number of nitrogens with zero attached hydrogens (tertiary/aromatic N) is 2. The van der Waals surface area contributed by atoms with Crippen LogP contribution in [-0.4, -0.2) is 37.4 Å². The molecule has 29 heavy (non-hydrogen) atoms. The molecular weight excluding hydrogens is 394 g/mol. The molecule has 0 bridgehead atoms.